The van der Waals surface area contributed by atoms with E-state index in [4.69, 9.17) is 3.37 Å². The minimum atomic E-state index is -4.50. The van der Waals surface area contributed by atoms with E-state index in [-0.39, 0.29) is 10.8 Å². The number of rotatable bonds is 4. The van der Waals surface area contributed by atoms with Crippen LogP contribution in [0.25, 0.3) is 5.57 Å². The molecule has 0 N–H and O–H groups in total. The van der Waals surface area contributed by atoms with Crippen LogP contribution >= 0.6 is 0 Å². The number of benzene rings is 1. The molecule has 0 radical (unpaired) electrons. The second kappa shape index (κ2) is 8.04. The van der Waals surface area contributed by atoms with Gasteiger partial charge in [-0.2, -0.15) is 0 Å². The van der Waals surface area contributed by atoms with Gasteiger partial charge < -0.3 is 0 Å². The van der Waals surface area contributed by atoms with Crippen LogP contribution in [-0.4, -0.2) is 32.3 Å². The fraction of sp³-hybridized carbons (Fsp3) is 0.476. The van der Waals surface area contributed by atoms with Crippen molar-refractivity contribution in [1.29, 1.82) is 0 Å². The molecule has 0 aliphatic carbocycles. The number of allylic oxidation sites excluding steroid dienone is 4. The van der Waals surface area contributed by atoms with Crippen molar-refractivity contribution in [2.24, 2.45) is 10.8 Å². The summed E-state index contributed by atoms with van der Waals surface area (Å²) in [5, 5.41) is 0. The molecule has 28 heavy (non-hydrogen) atoms. The molecule has 1 aliphatic heterocycles. The first-order chi connectivity index (χ1) is 12.6. The van der Waals surface area contributed by atoms with Crippen LogP contribution in [0.1, 0.15) is 47.1 Å². The van der Waals surface area contributed by atoms with Crippen molar-refractivity contribution in [3.8, 4) is 0 Å². The number of nitrogens with zero attached hydrogens (tertiary/aromatic N) is 1. The topological polar surface area (TPSA) is 81.7 Å². The predicted octanol–water partition coefficient (Wildman–Crippen LogP) is 1.37. The van der Waals surface area contributed by atoms with Crippen molar-refractivity contribution >= 4 is 29.5 Å². The molecule has 0 saturated carbocycles. The van der Waals surface area contributed by atoms with E-state index >= 15 is 0 Å². The Hall–Kier alpha value is -0.981. The van der Waals surface area contributed by atoms with E-state index in [0.717, 1.165) is 25.7 Å². The molecule has 7 heteroatoms. The van der Waals surface area contributed by atoms with E-state index in [1.807, 2.05) is 72.7 Å². The fourth-order valence-corrected chi connectivity index (χ4v) is 8.73. The third-order valence-electron chi connectivity index (χ3n) is 4.31. The minimum absolute atomic E-state index is 0.329. The van der Waals surface area contributed by atoms with Crippen molar-refractivity contribution in [3.05, 3.63) is 46.5 Å². The number of anilines is 1. The van der Waals surface area contributed by atoms with Gasteiger partial charge in [0.25, 0.3) is 0 Å². The summed E-state index contributed by atoms with van der Waals surface area (Å²) in [6, 6.07) is 8.22. The molecule has 1 aliphatic rings. The van der Waals surface area contributed by atoms with Gasteiger partial charge in [0, 0.05) is 0 Å². The van der Waals surface area contributed by atoms with Crippen molar-refractivity contribution in [2.45, 2.75) is 41.5 Å². The second-order valence-electron chi connectivity index (χ2n) is 9.12. The van der Waals surface area contributed by atoms with Gasteiger partial charge in [-0.25, -0.2) is 0 Å². The predicted molar refractivity (Wildman–Crippen MR) is 108 cm³/mol. The maximum absolute atomic E-state index is 11.5. The molecule has 1 heterocycles. The Balaban J connectivity index is 2.70. The first-order valence-corrected chi connectivity index (χ1v) is 12.7. The van der Waals surface area contributed by atoms with Gasteiger partial charge in [-0.15, -0.1) is 0 Å². The average molecular weight is 475 g/mol. The van der Waals surface area contributed by atoms with E-state index in [1.165, 1.54) is 0 Å². The zero-order valence-corrected chi connectivity index (χ0v) is 20.3. The van der Waals surface area contributed by atoms with Crippen LogP contribution in [0.4, 0.5) is 5.69 Å². The van der Waals surface area contributed by atoms with E-state index in [9.17, 15) is 14.0 Å². The first kappa shape index (κ1) is 23.3. The summed E-state index contributed by atoms with van der Waals surface area (Å²) in [6.45, 7) is 12.1. The zero-order chi connectivity index (χ0) is 21.5. The molecule has 0 aromatic heterocycles. The SMILES string of the molecule is CN(C)c1ccc(C2=CC(C(C)(C)C)=[Se](O[Cl+3]([O-])([O-])[O-])C(C(C)(C)C)=C2)cc1. The van der Waals surface area contributed by atoms with Crippen LogP contribution in [0.2, 0.25) is 0 Å². The molecular weight excluding hydrogens is 445 g/mol. The summed E-state index contributed by atoms with van der Waals surface area (Å²) in [5.41, 5.74) is 2.49. The summed E-state index contributed by atoms with van der Waals surface area (Å²) in [6.07, 6.45) is 4.01. The Morgan fingerprint density at radius 3 is 1.79 bits per heavy atom. The van der Waals surface area contributed by atoms with Gasteiger partial charge in [0.1, 0.15) is 0 Å². The molecule has 2 rings (SSSR count). The molecule has 0 bridgehead atoms. The zero-order valence-electron chi connectivity index (χ0n) is 17.8. The number of halogens is 1. The van der Waals surface area contributed by atoms with Crippen molar-refractivity contribution in [2.75, 3.05) is 19.0 Å². The van der Waals surface area contributed by atoms with Crippen LogP contribution in [0.3, 0.4) is 0 Å². The van der Waals surface area contributed by atoms with E-state index in [2.05, 4.69) is 24.3 Å². The molecule has 0 spiro atoms. The van der Waals surface area contributed by atoms with E-state index < -0.39 is 24.0 Å². The Bertz CT molecular complexity index is 820. The molecule has 1 unspecified atom stereocenters. The fourth-order valence-electron chi connectivity index (χ4n) is 2.80. The molecular formula is C21H30ClNO4Se. The Kier molecular flexibility index (Phi) is 6.69. The molecule has 156 valence electrons. The van der Waals surface area contributed by atoms with Gasteiger partial charge in [-0.3, -0.25) is 0 Å². The van der Waals surface area contributed by atoms with Crippen molar-refractivity contribution in [3.63, 3.8) is 0 Å². The van der Waals surface area contributed by atoms with Gasteiger partial charge in [0.2, 0.25) is 0 Å². The molecule has 1 atom stereocenters. The summed E-state index contributed by atoms with van der Waals surface area (Å²) in [5.74, 6) is 0. The van der Waals surface area contributed by atoms with Crippen molar-refractivity contribution in [1.82, 2.24) is 0 Å². The molecule has 5 nitrogen and oxygen atoms in total. The molecule has 1 aromatic rings. The quantitative estimate of drug-likeness (QED) is 0.616. The normalized spacial score (nSPS) is 18.7. The molecule has 0 amide bonds. The summed E-state index contributed by atoms with van der Waals surface area (Å²) in [7, 11) is -0.511. The van der Waals surface area contributed by atoms with Gasteiger partial charge in [-0.1, -0.05) is 0 Å². The number of hydrogen-bond acceptors (Lipinski definition) is 5. The number of hydrogen-bond donors (Lipinski definition) is 0. The maximum atomic E-state index is 11.5. The third-order valence-corrected chi connectivity index (χ3v) is 11.1. The van der Waals surface area contributed by atoms with Crippen molar-refractivity contribution < 1.29 is 27.6 Å². The average Bonchev–Trinajstić information content (AvgIpc) is 2.51. The van der Waals surface area contributed by atoms with Gasteiger partial charge >= 0.3 is 175 Å². The van der Waals surface area contributed by atoms with Gasteiger partial charge in [0.05, 0.1) is 0 Å². The standard InChI is InChI=1S/C21H30ClNO4Se/c1-20(2,3)18-13-16(15-9-11-17(12-10-15)23(7)8)14-19(21(4,5)6)28(18)27-22(24,25)26/h9-14H,1-8H3. The van der Waals surface area contributed by atoms with E-state index in [1.54, 1.807) is 0 Å². The Morgan fingerprint density at radius 2 is 1.39 bits per heavy atom. The first-order valence-electron chi connectivity index (χ1n) is 9.04. The molecule has 0 saturated heterocycles. The van der Waals surface area contributed by atoms with Crippen LogP contribution in [0.15, 0.2) is 40.9 Å². The van der Waals surface area contributed by atoms with Crippen LogP contribution in [0, 0.1) is 21.1 Å². The molecule has 1 aromatic carbocycles. The van der Waals surface area contributed by atoms with Gasteiger partial charge in [-0.05, 0) is 0 Å². The summed E-state index contributed by atoms with van der Waals surface area (Å²) in [4.78, 5) is 2.04. The molecule has 0 fully saturated rings. The van der Waals surface area contributed by atoms with Crippen LogP contribution in [-0.2, 0) is 3.37 Å². The second-order valence-corrected chi connectivity index (χ2v) is 13.8. The van der Waals surface area contributed by atoms with Crippen LogP contribution < -0.4 is 18.9 Å². The van der Waals surface area contributed by atoms with E-state index in [0.29, 0.717) is 0 Å². The monoisotopic (exact) mass is 475 g/mol. The Labute approximate surface area is 174 Å². The van der Waals surface area contributed by atoms with Crippen LogP contribution in [0.5, 0.6) is 0 Å². The van der Waals surface area contributed by atoms with Gasteiger partial charge in [0.15, 0.2) is 0 Å². The summed E-state index contributed by atoms with van der Waals surface area (Å²) < 4.78 is 41.3. The third kappa shape index (κ3) is 5.77. The summed E-state index contributed by atoms with van der Waals surface area (Å²) >= 11 is -2.47. The Morgan fingerprint density at radius 1 is 0.857 bits per heavy atom.